The molecule has 156 valence electrons. The second kappa shape index (κ2) is 8.85. The number of benzene rings is 2. The molecule has 7 nitrogen and oxygen atoms in total. The third-order valence-corrected chi connectivity index (χ3v) is 5.68. The monoisotopic (exact) mass is 425 g/mol. The van der Waals surface area contributed by atoms with E-state index in [1.54, 1.807) is 6.07 Å². The Hall–Kier alpha value is -2.90. The zero-order valence-corrected chi connectivity index (χ0v) is 17.8. The fourth-order valence-electron chi connectivity index (χ4n) is 3.39. The Balaban J connectivity index is 1.30. The van der Waals surface area contributed by atoms with Gasteiger partial charge in [0.05, 0.1) is 17.1 Å². The van der Waals surface area contributed by atoms with Gasteiger partial charge >= 0.3 is 6.03 Å². The van der Waals surface area contributed by atoms with Crippen LogP contribution in [0.2, 0.25) is 5.02 Å². The first-order valence-corrected chi connectivity index (χ1v) is 10.3. The van der Waals surface area contributed by atoms with E-state index in [1.807, 2.05) is 48.2 Å². The van der Waals surface area contributed by atoms with Crippen LogP contribution in [0, 0.1) is 13.8 Å². The van der Waals surface area contributed by atoms with E-state index < -0.39 is 0 Å². The summed E-state index contributed by atoms with van der Waals surface area (Å²) in [4.78, 5) is 21.1. The van der Waals surface area contributed by atoms with Gasteiger partial charge in [-0.25, -0.2) is 4.79 Å². The number of nitrogens with one attached hydrogen (secondary N) is 1. The van der Waals surface area contributed by atoms with Crippen LogP contribution < -0.4 is 5.32 Å². The highest BCUT2D eigenvalue weighted by Gasteiger charge is 2.23. The quantitative estimate of drug-likeness (QED) is 0.672. The maximum atomic E-state index is 12.6. The van der Waals surface area contributed by atoms with Crippen molar-refractivity contribution in [2.75, 3.05) is 31.5 Å². The summed E-state index contributed by atoms with van der Waals surface area (Å²) in [5.74, 6) is 1.03. The zero-order valence-electron chi connectivity index (χ0n) is 17.1. The third-order valence-electron chi connectivity index (χ3n) is 5.36. The first-order chi connectivity index (χ1) is 14.5. The summed E-state index contributed by atoms with van der Waals surface area (Å²) in [5, 5.41) is 7.64. The van der Waals surface area contributed by atoms with Crippen LogP contribution in [0.15, 0.2) is 47.0 Å². The number of rotatable bonds is 4. The maximum Gasteiger partial charge on any atom is 0.321 e. The molecule has 0 spiro atoms. The minimum absolute atomic E-state index is 0.0709. The Morgan fingerprint density at radius 1 is 1.10 bits per heavy atom. The van der Waals surface area contributed by atoms with E-state index in [0.717, 1.165) is 29.9 Å². The number of anilines is 1. The van der Waals surface area contributed by atoms with Gasteiger partial charge in [0.2, 0.25) is 0 Å². The smallest absolute Gasteiger partial charge is 0.321 e. The van der Waals surface area contributed by atoms with Crippen molar-refractivity contribution in [3.63, 3.8) is 0 Å². The van der Waals surface area contributed by atoms with Crippen LogP contribution in [-0.4, -0.2) is 52.2 Å². The van der Waals surface area contributed by atoms with Crippen LogP contribution in [0.25, 0.3) is 11.5 Å². The molecule has 2 heterocycles. The average molecular weight is 426 g/mol. The lowest BCUT2D eigenvalue weighted by molar-refractivity contribution is 0.140. The molecule has 0 bridgehead atoms. The third kappa shape index (κ3) is 4.63. The summed E-state index contributed by atoms with van der Waals surface area (Å²) in [6.45, 7) is 7.45. The van der Waals surface area contributed by atoms with Crippen LogP contribution >= 0.6 is 11.6 Å². The van der Waals surface area contributed by atoms with Crippen molar-refractivity contribution in [1.29, 1.82) is 0 Å². The number of aryl methyl sites for hydroxylation is 2. The highest BCUT2D eigenvalue weighted by Crippen LogP contribution is 2.26. The summed E-state index contributed by atoms with van der Waals surface area (Å²) in [5.41, 5.74) is 3.92. The molecule has 0 saturated carbocycles. The van der Waals surface area contributed by atoms with Gasteiger partial charge in [-0.3, -0.25) is 4.90 Å². The molecule has 2 amide bonds. The molecular weight excluding hydrogens is 402 g/mol. The van der Waals surface area contributed by atoms with Gasteiger partial charge in [0.1, 0.15) is 0 Å². The van der Waals surface area contributed by atoms with Gasteiger partial charge in [-0.1, -0.05) is 35.0 Å². The molecule has 1 fully saturated rings. The minimum atomic E-state index is -0.0709. The van der Waals surface area contributed by atoms with E-state index in [-0.39, 0.29) is 6.03 Å². The molecule has 3 aromatic rings. The van der Waals surface area contributed by atoms with Crippen LogP contribution in [0.3, 0.4) is 0 Å². The first kappa shape index (κ1) is 20.4. The highest BCUT2D eigenvalue weighted by atomic mass is 35.5. The number of halogens is 1. The number of hydrogen-bond donors (Lipinski definition) is 1. The molecule has 4 rings (SSSR count). The van der Waals surface area contributed by atoms with Crippen LogP contribution in [-0.2, 0) is 6.54 Å². The van der Waals surface area contributed by atoms with Gasteiger partial charge in [0.25, 0.3) is 5.89 Å². The lowest BCUT2D eigenvalue weighted by Crippen LogP contribution is -2.49. The molecule has 0 unspecified atom stereocenters. The minimum Gasteiger partial charge on any atom is -0.334 e. The van der Waals surface area contributed by atoms with Gasteiger partial charge in [-0.05, 0) is 49.2 Å². The van der Waals surface area contributed by atoms with E-state index in [2.05, 4.69) is 27.3 Å². The Labute approximate surface area is 180 Å². The first-order valence-electron chi connectivity index (χ1n) is 9.92. The fraction of sp³-hybridized carbons (Fsp3) is 0.318. The van der Waals surface area contributed by atoms with Gasteiger partial charge in [0.15, 0.2) is 5.82 Å². The van der Waals surface area contributed by atoms with Gasteiger partial charge in [-0.15, -0.1) is 0 Å². The largest absolute Gasteiger partial charge is 0.334 e. The van der Waals surface area contributed by atoms with Crippen molar-refractivity contribution in [3.8, 4) is 11.5 Å². The molecule has 30 heavy (non-hydrogen) atoms. The summed E-state index contributed by atoms with van der Waals surface area (Å²) in [7, 11) is 0. The summed E-state index contributed by atoms with van der Waals surface area (Å²) >= 11 is 6.20. The standard InChI is InChI=1S/C22H24ClN5O2/c1-15-7-8-17(13-16(15)2)24-22(29)28-11-9-27(10-12-28)14-20-25-21(30-26-20)18-5-3-4-6-19(18)23/h3-8,13H,9-12,14H2,1-2H3,(H,24,29). The number of carbonyl (C=O) groups excluding carboxylic acids is 1. The van der Waals surface area contributed by atoms with Crippen molar-refractivity contribution < 1.29 is 9.32 Å². The van der Waals surface area contributed by atoms with Crippen LogP contribution in [0.4, 0.5) is 10.5 Å². The van der Waals surface area contributed by atoms with Gasteiger partial charge < -0.3 is 14.7 Å². The Morgan fingerprint density at radius 2 is 1.87 bits per heavy atom. The SMILES string of the molecule is Cc1ccc(NC(=O)N2CCN(Cc3noc(-c4ccccc4Cl)n3)CC2)cc1C. The summed E-state index contributed by atoms with van der Waals surface area (Å²) in [6, 6.07) is 13.3. The molecule has 0 aliphatic carbocycles. The normalized spacial score (nSPS) is 14.7. The van der Waals surface area contributed by atoms with E-state index >= 15 is 0 Å². The lowest BCUT2D eigenvalue weighted by Gasteiger charge is -2.34. The molecule has 1 aromatic heterocycles. The number of urea groups is 1. The van der Waals surface area contributed by atoms with E-state index in [9.17, 15) is 4.79 Å². The Morgan fingerprint density at radius 3 is 2.60 bits per heavy atom. The van der Waals surface area contributed by atoms with Crippen molar-refractivity contribution in [2.45, 2.75) is 20.4 Å². The van der Waals surface area contributed by atoms with Crippen molar-refractivity contribution in [2.24, 2.45) is 0 Å². The van der Waals surface area contributed by atoms with Crippen LogP contribution in [0.1, 0.15) is 17.0 Å². The molecule has 2 aromatic carbocycles. The second-order valence-corrected chi connectivity index (χ2v) is 7.90. The van der Waals surface area contributed by atoms with Gasteiger partial charge in [0, 0.05) is 31.9 Å². The molecule has 8 heteroatoms. The maximum absolute atomic E-state index is 12.6. The van der Waals surface area contributed by atoms with Crippen molar-refractivity contribution in [3.05, 3.63) is 64.4 Å². The number of piperazine rings is 1. The number of amides is 2. The summed E-state index contributed by atoms with van der Waals surface area (Å²) < 4.78 is 5.37. The predicted molar refractivity (Wildman–Crippen MR) is 117 cm³/mol. The number of hydrogen-bond acceptors (Lipinski definition) is 5. The Kier molecular flexibility index (Phi) is 6.01. The number of aromatic nitrogens is 2. The number of nitrogens with zero attached hydrogens (tertiary/aromatic N) is 4. The zero-order chi connectivity index (χ0) is 21.1. The Bertz CT molecular complexity index is 1040. The van der Waals surface area contributed by atoms with E-state index in [1.165, 1.54) is 5.56 Å². The van der Waals surface area contributed by atoms with Gasteiger partial charge in [-0.2, -0.15) is 4.98 Å². The molecular formula is C22H24ClN5O2. The van der Waals surface area contributed by atoms with Crippen molar-refractivity contribution in [1.82, 2.24) is 19.9 Å². The van der Waals surface area contributed by atoms with E-state index in [4.69, 9.17) is 16.1 Å². The summed E-state index contributed by atoms with van der Waals surface area (Å²) in [6.07, 6.45) is 0. The lowest BCUT2D eigenvalue weighted by atomic mass is 10.1. The van der Waals surface area contributed by atoms with Crippen molar-refractivity contribution >= 4 is 23.3 Å². The molecule has 1 aliphatic rings. The molecule has 0 radical (unpaired) electrons. The average Bonchev–Trinajstić information content (AvgIpc) is 3.20. The number of carbonyl (C=O) groups is 1. The fourth-order valence-corrected chi connectivity index (χ4v) is 3.61. The second-order valence-electron chi connectivity index (χ2n) is 7.49. The highest BCUT2D eigenvalue weighted by molar-refractivity contribution is 6.33. The molecule has 0 atom stereocenters. The van der Waals surface area contributed by atoms with E-state index in [0.29, 0.717) is 36.4 Å². The van der Waals surface area contributed by atoms with Crippen LogP contribution in [0.5, 0.6) is 0 Å². The molecule has 1 N–H and O–H groups in total. The predicted octanol–water partition coefficient (Wildman–Crippen LogP) is 4.36. The molecule has 1 saturated heterocycles. The topological polar surface area (TPSA) is 74.5 Å². The molecule has 1 aliphatic heterocycles.